The minimum atomic E-state index is -4.28. The lowest BCUT2D eigenvalue weighted by Gasteiger charge is -1.97. The van der Waals surface area contributed by atoms with Crippen LogP contribution >= 0.6 is 0 Å². The second kappa shape index (κ2) is 2.43. The Kier molecular flexibility index (Phi) is 2.39. The van der Waals surface area contributed by atoms with E-state index in [2.05, 4.69) is 0 Å². The van der Waals surface area contributed by atoms with Gasteiger partial charge in [-0.3, -0.25) is 4.55 Å². The summed E-state index contributed by atoms with van der Waals surface area (Å²) in [6, 6.07) is 0. The lowest BCUT2D eigenvalue weighted by atomic mass is 10.5. The molecule has 0 fully saturated rings. The highest BCUT2D eigenvalue weighted by Crippen LogP contribution is 2.06. The predicted molar refractivity (Wildman–Crippen MR) is 27.0 cm³/mol. The largest absolute Gasteiger partial charge is 0.369 e. The maximum atomic E-state index is 9.83. The minimum absolute atomic E-state index is 0.0706. The van der Waals surface area contributed by atoms with Crippen molar-refractivity contribution in [3.05, 3.63) is 5.44 Å². The third kappa shape index (κ3) is 2.25. The maximum absolute atomic E-state index is 9.83. The Morgan fingerprint density at radius 3 is 2.00 bits per heavy atom. The summed E-state index contributed by atoms with van der Waals surface area (Å²) >= 11 is 0. The molecule has 1 radical (unpaired) electrons. The van der Waals surface area contributed by atoms with Crippen molar-refractivity contribution in [2.45, 2.75) is 13.3 Å². The normalized spacial score (nSPS) is 12.5. The van der Waals surface area contributed by atoms with Crippen molar-refractivity contribution < 1.29 is 18.1 Å². The monoisotopic (exact) mass is 139 g/mol. The van der Waals surface area contributed by atoms with E-state index in [1.165, 1.54) is 6.92 Å². The molecule has 0 aromatic heterocycles. The molecule has 0 aliphatic heterocycles. The van der Waals surface area contributed by atoms with Crippen LogP contribution in [0.2, 0.25) is 0 Å². The number of hydrogen-bond acceptors (Lipinski definition) is 3. The van der Waals surface area contributed by atoms with Gasteiger partial charge in [0.2, 0.25) is 5.44 Å². The van der Waals surface area contributed by atoms with Crippen LogP contribution in [-0.4, -0.2) is 18.1 Å². The number of rotatable bonds is 2. The molecule has 0 bridgehead atoms. The zero-order valence-electron chi connectivity index (χ0n) is 4.33. The summed E-state index contributed by atoms with van der Waals surface area (Å²) in [6.07, 6.45) is -0.0706. The molecule has 0 saturated carbocycles. The molecule has 0 rings (SSSR count). The second-order valence-corrected chi connectivity index (χ2v) is 2.64. The van der Waals surface area contributed by atoms with E-state index >= 15 is 0 Å². The van der Waals surface area contributed by atoms with Crippen LogP contribution in [-0.2, 0) is 10.1 Å². The fourth-order valence-electron chi connectivity index (χ4n) is 0.182. The van der Waals surface area contributed by atoms with Gasteiger partial charge >= 0.3 is 0 Å². The van der Waals surface area contributed by atoms with Crippen LogP contribution in [0.1, 0.15) is 13.3 Å². The standard InChI is InChI=1S/C3H7O4S/c1-2-3(4)8(5,6)7/h4H,2H2,1H3,(H,5,6,7). The molecule has 0 unspecified atom stereocenters. The highest BCUT2D eigenvalue weighted by molar-refractivity contribution is 7.88. The third-order valence-corrected chi connectivity index (χ3v) is 1.48. The molecule has 0 heterocycles. The molecule has 49 valence electrons. The molecular formula is C3H7O4S. The Bertz CT molecular complexity index is 147. The third-order valence-electron chi connectivity index (χ3n) is 0.600. The highest BCUT2D eigenvalue weighted by Gasteiger charge is 2.17. The number of aliphatic hydroxyl groups is 1. The molecule has 2 N–H and O–H groups in total. The van der Waals surface area contributed by atoms with E-state index in [9.17, 15) is 8.42 Å². The fourth-order valence-corrected chi connectivity index (χ4v) is 0.547. The van der Waals surface area contributed by atoms with Crippen molar-refractivity contribution >= 4 is 10.1 Å². The molecular weight excluding hydrogens is 132 g/mol. The van der Waals surface area contributed by atoms with Gasteiger partial charge in [-0.2, -0.15) is 8.42 Å². The van der Waals surface area contributed by atoms with E-state index in [1.807, 2.05) is 0 Å². The minimum Gasteiger partial charge on any atom is -0.369 e. The zero-order chi connectivity index (χ0) is 6.78. The van der Waals surface area contributed by atoms with Crippen molar-refractivity contribution in [3.8, 4) is 0 Å². The van der Waals surface area contributed by atoms with Crippen molar-refractivity contribution in [1.29, 1.82) is 0 Å². The van der Waals surface area contributed by atoms with Gasteiger partial charge in [0.15, 0.2) is 0 Å². The highest BCUT2D eigenvalue weighted by atomic mass is 32.2. The van der Waals surface area contributed by atoms with E-state index < -0.39 is 15.6 Å². The average molecular weight is 139 g/mol. The maximum Gasteiger partial charge on any atom is 0.299 e. The molecule has 0 aromatic carbocycles. The summed E-state index contributed by atoms with van der Waals surface area (Å²) < 4.78 is 27.6. The molecule has 0 aliphatic rings. The van der Waals surface area contributed by atoms with Gasteiger partial charge in [-0.1, -0.05) is 6.92 Å². The van der Waals surface area contributed by atoms with Gasteiger partial charge in [-0.15, -0.1) is 0 Å². The van der Waals surface area contributed by atoms with Crippen LogP contribution in [0.25, 0.3) is 0 Å². The fraction of sp³-hybridized carbons (Fsp3) is 0.667. The first-order chi connectivity index (χ1) is 3.48. The van der Waals surface area contributed by atoms with Gasteiger partial charge in [0, 0.05) is 0 Å². The summed E-state index contributed by atoms with van der Waals surface area (Å²) in [5, 5.41) is 8.27. The second-order valence-electron chi connectivity index (χ2n) is 1.22. The van der Waals surface area contributed by atoms with Crippen LogP contribution in [0.15, 0.2) is 0 Å². The lowest BCUT2D eigenvalue weighted by Crippen LogP contribution is -2.08. The van der Waals surface area contributed by atoms with Crippen molar-refractivity contribution in [2.24, 2.45) is 0 Å². The number of hydrogen-bond donors (Lipinski definition) is 2. The van der Waals surface area contributed by atoms with Gasteiger partial charge in [-0.05, 0) is 6.42 Å². The first-order valence-corrected chi connectivity index (χ1v) is 3.44. The Morgan fingerprint density at radius 2 is 2.00 bits per heavy atom. The van der Waals surface area contributed by atoms with E-state index in [0.717, 1.165) is 0 Å². The molecule has 0 aliphatic carbocycles. The Labute approximate surface area is 47.9 Å². The average Bonchev–Trinajstić information content (AvgIpc) is 1.62. The van der Waals surface area contributed by atoms with Gasteiger partial charge in [0.25, 0.3) is 10.1 Å². The van der Waals surface area contributed by atoms with Crippen LogP contribution in [0.3, 0.4) is 0 Å². The Morgan fingerprint density at radius 1 is 1.62 bits per heavy atom. The van der Waals surface area contributed by atoms with E-state index in [1.54, 1.807) is 0 Å². The van der Waals surface area contributed by atoms with Gasteiger partial charge in [0.05, 0.1) is 0 Å². The van der Waals surface area contributed by atoms with Crippen LogP contribution in [0.4, 0.5) is 0 Å². The van der Waals surface area contributed by atoms with Crippen LogP contribution in [0, 0.1) is 5.44 Å². The summed E-state index contributed by atoms with van der Waals surface area (Å²) in [5.74, 6) is 0. The molecule has 0 saturated heterocycles. The molecule has 8 heavy (non-hydrogen) atoms. The topological polar surface area (TPSA) is 74.6 Å². The Balaban J connectivity index is 4.04. The molecule has 0 amide bonds. The predicted octanol–water partition coefficient (Wildman–Crippen LogP) is 0.146. The quantitative estimate of drug-likeness (QED) is 0.534. The van der Waals surface area contributed by atoms with Crippen LogP contribution in [0.5, 0.6) is 0 Å². The smallest absolute Gasteiger partial charge is 0.299 e. The molecule has 0 atom stereocenters. The zero-order valence-corrected chi connectivity index (χ0v) is 5.14. The molecule has 0 aromatic rings. The van der Waals surface area contributed by atoms with Crippen LogP contribution < -0.4 is 0 Å². The molecule has 4 nitrogen and oxygen atoms in total. The van der Waals surface area contributed by atoms with E-state index in [4.69, 9.17) is 9.66 Å². The van der Waals surface area contributed by atoms with Crippen molar-refractivity contribution in [2.75, 3.05) is 0 Å². The van der Waals surface area contributed by atoms with E-state index in [0.29, 0.717) is 0 Å². The summed E-state index contributed by atoms with van der Waals surface area (Å²) in [7, 11) is -4.28. The Hall–Kier alpha value is -0.130. The van der Waals surface area contributed by atoms with Gasteiger partial charge in [-0.25, -0.2) is 0 Å². The summed E-state index contributed by atoms with van der Waals surface area (Å²) in [4.78, 5) is 0. The van der Waals surface area contributed by atoms with Crippen molar-refractivity contribution in [1.82, 2.24) is 0 Å². The van der Waals surface area contributed by atoms with Gasteiger partial charge in [0.1, 0.15) is 0 Å². The first-order valence-electron chi connectivity index (χ1n) is 2.00. The molecule has 5 heteroatoms. The first kappa shape index (κ1) is 7.87. The SMILES string of the molecule is CC[C](O)S(=O)(=O)O. The molecule has 0 spiro atoms. The number of aliphatic hydroxyl groups excluding tert-OH is 1. The summed E-state index contributed by atoms with van der Waals surface area (Å²) in [6.45, 7) is 1.42. The lowest BCUT2D eigenvalue weighted by molar-refractivity contribution is 0.322. The van der Waals surface area contributed by atoms with Crippen molar-refractivity contribution in [3.63, 3.8) is 0 Å². The van der Waals surface area contributed by atoms with E-state index in [-0.39, 0.29) is 6.42 Å². The van der Waals surface area contributed by atoms with Gasteiger partial charge < -0.3 is 5.11 Å². The summed E-state index contributed by atoms with van der Waals surface area (Å²) in [5.41, 5.74) is -0.891.